The highest BCUT2D eigenvalue weighted by molar-refractivity contribution is 7.10. The van der Waals surface area contributed by atoms with E-state index in [1.807, 2.05) is 38.3 Å². The standard InChI is InChI=1S/C13H21NO2S/c1-9(2)11(10-7-6-8-17-10)14-12(15)16-13(3,4)5/h6-9,11H,1-5H3,(H,14,15). The Kier molecular flexibility index (Phi) is 4.57. The van der Waals surface area contributed by atoms with Crippen LogP contribution in [-0.4, -0.2) is 11.7 Å². The van der Waals surface area contributed by atoms with Gasteiger partial charge in [-0.15, -0.1) is 11.3 Å². The Morgan fingerprint density at radius 1 is 1.41 bits per heavy atom. The number of thiophene rings is 1. The normalized spacial score (nSPS) is 13.5. The fourth-order valence-corrected chi connectivity index (χ4v) is 2.42. The molecule has 0 saturated carbocycles. The molecule has 0 spiro atoms. The third kappa shape index (κ3) is 4.77. The van der Waals surface area contributed by atoms with Gasteiger partial charge in [-0.25, -0.2) is 4.79 Å². The van der Waals surface area contributed by atoms with Crippen LogP contribution >= 0.6 is 11.3 Å². The van der Waals surface area contributed by atoms with Gasteiger partial charge < -0.3 is 10.1 Å². The summed E-state index contributed by atoms with van der Waals surface area (Å²) >= 11 is 1.65. The molecule has 3 nitrogen and oxygen atoms in total. The van der Waals surface area contributed by atoms with Crippen molar-refractivity contribution in [2.75, 3.05) is 0 Å². The molecule has 96 valence electrons. The second-order valence-corrected chi connectivity index (χ2v) is 6.36. The molecule has 1 unspecified atom stereocenters. The number of hydrogen-bond donors (Lipinski definition) is 1. The van der Waals surface area contributed by atoms with Gasteiger partial charge in [0.15, 0.2) is 0 Å². The fourth-order valence-electron chi connectivity index (χ4n) is 1.47. The molecule has 1 heterocycles. The highest BCUT2D eigenvalue weighted by Gasteiger charge is 2.23. The zero-order valence-corrected chi connectivity index (χ0v) is 11.9. The third-order valence-electron chi connectivity index (χ3n) is 2.19. The van der Waals surface area contributed by atoms with Crippen LogP contribution in [0.1, 0.15) is 45.5 Å². The molecule has 1 atom stereocenters. The van der Waals surface area contributed by atoms with E-state index in [2.05, 4.69) is 19.2 Å². The summed E-state index contributed by atoms with van der Waals surface area (Å²) in [6, 6.07) is 4.05. The Balaban J connectivity index is 2.66. The maximum absolute atomic E-state index is 11.7. The minimum Gasteiger partial charge on any atom is -0.444 e. The van der Waals surface area contributed by atoms with Crippen molar-refractivity contribution in [1.29, 1.82) is 0 Å². The lowest BCUT2D eigenvalue weighted by Gasteiger charge is -2.25. The van der Waals surface area contributed by atoms with E-state index in [9.17, 15) is 4.79 Å². The molecule has 17 heavy (non-hydrogen) atoms. The van der Waals surface area contributed by atoms with Crippen LogP contribution in [0.3, 0.4) is 0 Å². The van der Waals surface area contributed by atoms with Gasteiger partial charge in [0.2, 0.25) is 0 Å². The van der Waals surface area contributed by atoms with E-state index in [1.54, 1.807) is 11.3 Å². The summed E-state index contributed by atoms with van der Waals surface area (Å²) in [6.45, 7) is 9.76. The zero-order chi connectivity index (χ0) is 13.1. The van der Waals surface area contributed by atoms with Gasteiger partial charge in [-0.05, 0) is 38.1 Å². The molecule has 0 aliphatic heterocycles. The first-order valence-electron chi connectivity index (χ1n) is 5.82. The summed E-state index contributed by atoms with van der Waals surface area (Å²) < 4.78 is 5.27. The zero-order valence-electron chi connectivity index (χ0n) is 11.1. The Labute approximate surface area is 107 Å². The van der Waals surface area contributed by atoms with Gasteiger partial charge in [0.25, 0.3) is 0 Å². The highest BCUT2D eigenvalue weighted by Crippen LogP contribution is 2.26. The van der Waals surface area contributed by atoms with Crippen LogP contribution < -0.4 is 5.32 Å². The molecular weight excluding hydrogens is 234 g/mol. The van der Waals surface area contributed by atoms with Gasteiger partial charge in [0.1, 0.15) is 5.60 Å². The Bertz CT molecular complexity index is 352. The monoisotopic (exact) mass is 255 g/mol. The van der Waals surface area contributed by atoms with E-state index < -0.39 is 5.60 Å². The van der Waals surface area contributed by atoms with Gasteiger partial charge in [0, 0.05) is 4.88 Å². The van der Waals surface area contributed by atoms with Crippen LogP contribution in [0, 0.1) is 5.92 Å². The summed E-state index contributed by atoms with van der Waals surface area (Å²) in [5.74, 6) is 0.334. The number of hydrogen-bond acceptors (Lipinski definition) is 3. The molecule has 0 aromatic carbocycles. The van der Waals surface area contributed by atoms with Crippen molar-refractivity contribution in [1.82, 2.24) is 5.32 Å². The van der Waals surface area contributed by atoms with Crippen molar-refractivity contribution in [3.63, 3.8) is 0 Å². The average molecular weight is 255 g/mol. The molecule has 1 rings (SSSR count). The smallest absolute Gasteiger partial charge is 0.408 e. The molecule has 0 saturated heterocycles. The third-order valence-corrected chi connectivity index (χ3v) is 3.14. The maximum Gasteiger partial charge on any atom is 0.408 e. The first-order valence-corrected chi connectivity index (χ1v) is 6.70. The second-order valence-electron chi connectivity index (χ2n) is 5.38. The fraction of sp³-hybridized carbons (Fsp3) is 0.615. The van der Waals surface area contributed by atoms with Crippen LogP contribution in [0.2, 0.25) is 0 Å². The minimum atomic E-state index is -0.457. The molecule has 0 radical (unpaired) electrons. The molecule has 1 aromatic heterocycles. The SMILES string of the molecule is CC(C)C(NC(=O)OC(C)(C)C)c1cccs1. The van der Waals surface area contributed by atoms with Crippen LogP contribution in [0.15, 0.2) is 17.5 Å². The molecule has 0 aliphatic carbocycles. The molecule has 0 aliphatic rings. The van der Waals surface area contributed by atoms with Gasteiger partial charge in [-0.3, -0.25) is 0 Å². The summed E-state index contributed by atoms with van der Waals surface area (Å²) in [7, 11) is 0. The number of alkyl carbamates (subject to hydrolysis) is 1. The lowest BCUT2D eigenvalue weighted by atomic mass is 10.0. The maximum atomic E-state index is 11.7. The number of amides is 1. The summed E-state index contributed by atoms with van der Waals surface area (Å²) in [6.07, 6.45) is -0.357. The van der Waals surface area contributed by atoms with E-state index in [-0.39, 0.29) is 12.1 Å². The molecule has 1 N–H and O–H groups in total. The van der Waals surface area contributed by atoms with E-state index in [1.165, 1.54) is 0 Å². The lowest BCUT2D eigenvalue weighted by molar-refractivity contribution is 0.0491. The quantitative estimate of drug-likeness (QED) is 0.887. The highest BCUT2D eigenvalue weighted by atomic mass is 32.1. The number of nitrogens with one attached hydrogen (secondary N) is 1. The number of ether oxygens (including phenoxy) is 1. The van der Waals surface area contributed by atoms with Gasteiger partial charge in [-0.2, -0.15) is 0 Å². The van der Waals surface area contributed by atoms with Crippen LogP contribution in [-0.2, 0) is 4.74 Å². The minimum absolute atomic E-state index is 0.0184. The van der Waals surface area contributed by atoms with E-state index in [0.717, 1.165) is 4.88 Å². The van der Waals surface area contributed by atoms with Crippen molar-refractivity contribution < 1.29 is 9.53 Å². The number of carbonyl (C=O) groups excluding carboxylic acids is 1. The lowest BCUT2D eigenvalue weighted by Crippen LogP contribution is -2.36. The van der Waals surface area contributed by atoms with Crippen LogP contribution in [0.5, 0.6) is 0 Å². The van der Waals surface area contributed by atoms with Crippen LogP contribution in [0.4, 0.5) is 4.79 Å². The van der Waals surface area contributed by atoms with Crippen molar-refractivity contribution in [2.24, 2.45) is 5.92 Å². The van der Waals surface area contributed by atoms with Crippen molar-refractivity contribution in [3.8, 4) is 0 Å². The summed E-state index contributed by atoms with van der Waals surface area (Å²) in [5, 5.41) is 4.94. The Hall–Kier alpha value is -1.03. The van der Waals surface area contributed by atoms with Crippen molar-refractivity contribution >= 4 is 17.4 Å². The first kappa shape index (κ1) is 14.0. The average Bonchev–Trinajstić information content (AvgIpc) is 2.63. The molecule has 0 bridgehead atoms. The largest absolute Gasteiger partial charge is 0.444 e. The predicted octanol–water partition coefficient (Wildman–Crippen LogP) is 3.97. The first-order chi connectivity index (χ1) is 7.79. The number of rotatable bonds is 3. The topological polar surface area (TPSA) is 38.3 Å². The second kappa shape index (κ2) is 5.54. The van der Waals surface area contributed by atoms with Crippen molar-refractivity contribution in [3.05, 3.63) is 22.4 Å². The van der Waals surface area contributed by atoms with Gasteiger partial charge in [-0.1, -0.05) is 19.9 Å². The Morgan fingerprint density at radius 2 is 2.06 bits per heavy atom. The molecule has 4 heteroatoms. The van der Waals surface area contributed by atoms with Crippen LogP contribution in [0.25, 0.3) is 0 Å². The van der Waals surface area contributed by atoms with Gasteiger partial charge in [0.05, 0.1) is 6.04 Å². The summed E-state index contributed by atoms with van der Waals surface area (Å²) in [4.78, 5) is 12.9. The summed E-state index contributed by atoms with van der Waals surface area (Å²) in [5.41, 5.74) is -0.457. The van der Waals surface area contributed by atoms with E-state index in [0.29, 0.717) is 5.92 Å². The predicted molar refractivity (Wildman–Crippen MR) is 71.3 cm³/mol. The number of carbonyl (C=O) groups is 1. The van der Waals surface area contributed by atoms with E-state index >= 15 is 0 Å². The molecule has 0 fully saturated rings. The molecule has 1 aromatic rings. The molecular formula is C13H21NO2S. The van der Waals surface area contributed by atoms with Crippen molar-refractivity contribution in [2.45, 2.75) is 46.3 Å². The molecule has 1 amide bonds. The Morgan fingerprint density at radius 3 is 2.47 bits per heavy atom. The van der Waals surface area contributed by atoms with Gasteiger partial charge >= 0.3 is 6.09 Å². The van der Waals surface area contributed by atoms with E-state index in [4.69, 9.17) is 4.74 Å².